The Hall–Kier alpha value is -5.49. The van der Waals surface area contributed by atoms with Gasteiger partial charge in [-0.15, -0.1) is 0 Å². The zero-order valence-corrected chi connectivity index (χ0v) is 23.6. The number of aromatic nitrogens is 3. The fourth-order valence-corrected chi connectivity index (χ4v) is 6.19. The van der Waals surface area contributed by atoms with Crippen molar-refractivity contribution in [1.29, 1.82) is 0 Å². The van der Waals surface area contributed by atoms with Crippen LogP contribution in [0.5, 0.6) is 11.6 Å². The van der Waals surface area contributed by atoms with Gasteiger partial charge in [0.2, 0.25) is 5.88 Å². The first-order valence-corrected chi connectivity index (χ1v) is 14.7. The van der Waals surface area contributed by atoms with E-state index in [0.717, 1.165) is 60.2 Å². The summed E-state index contributed by atoms with van der Waals surface area (Å²) in [6.45, 7) is 0. The van der Waals surface area contributed by atoms with E-state index in [4.69, 9.17) is 19.7 Å². The summed E-state index contributed by atoms with van der Waals surface area (Å²) < 4.78 is 6.45. The van der Waals surface area contributed by atoms with Crippen molar-refractivity contribution in [3.63, 3.8) is 0 Å². The van der Waals surface area contributed by atoms with Crippen LogP contribution in [-0.2, 0) is 25.7 Å². The van der Waals surface area contributed by atoms with E-state index >= 15 is 0 Å². The summed E-state index contributed by atoms with van der Waals surface area (Å²) in [5.74, 6) is 3.85. The molecular formula is C37H29N5O. The van der Waals surface area contributed by atoms with E-state index in [0.29, 0.717) is 11.6 Å². The smallest absolute Gasteiger partial charge is 0.221 e. The Balaban J connectivity index is 1.17. The van der Waals surface area contributed by atoms with Gasteiger partial charge < -0.3 is 4.74 Å². The molecule has 8 rings (SSSR count). The number of aryl methyl sites for hydroxylation is 4. The molecule has 208 valence electrons. The molecule has 0 aliphatic carbocycles. The Morgan fingerprint density at radius 1 is 0.512 bits per heavy atom. The van der Waals surface area contributed by atoms with Crippen LogP contribution in [-0.4, -0.2) is 15.0 Å². The minimum atomic E-state index is 0.517. The predicted octanol–water partition coefficient (Wildman–Crippen LogP) is 8.80. The largest absolute Gasteiger partial charge is 0.439 e. The van der Waals surface area contributed by atoms with E-state index in [-0.39, 0.29) is 0 Å². The van der Waals surface area contributed by atoms with Gasteiger partial charge in [0.15, 0.2) is 0 Å². The van der Waals surface area contributed by atoms with Gasteiger partial charge in [0.1, 0.15) is 23.2 Å². The first-order chi connectivity index (χ1) is 21.3. The van der Waals surface area contributed by atoms with E-state index in [9.17, 15) is 0 Å². The molecule has 2 aliphatic rings. The minimum absolute atomic E-state index is 0.517. The van der Waals surface area contributed by atoms with Crippen LogP contribution in [0, 0.1) is 0 Å². The molecule has 0 saturated carbocycles. The van der Waals surface area contributed by atoms with Gasteiger partial charge in [0.25, 0.3) is 0 Å². The van der Waals surface area contributed by atoms with Crippen molar-refractivity contribution < 1.29 is 4.74 Å². The lowest BCUT2D eigenvalue weighted by atomic mass is 10.1. The Bertz CT molecular complexity index is 1720. The standard InChI is InChI=1S/C37H29N5O/c1-3-15-32-26(9-1)19-21-28-11-7-23-38-36(28)41(32)30-13-5-14-31(25-30)43-35-18-6-17-34(40-35)42-33-16-4-2-10-27(33)20-22-29-12-8-24-39-37(29)42/h1-18,23-25H,19-22H2. The first-order valence-electron chi connectivity index (χ1n) is 14.7. The SMILES string of the molecule is c1cc(Oc2cccc(N3c4ccccc4CCc4cccnc43)n2)cc(N2c3ccccc3CCc3cccnc32)c1. The molecule has 6 aromatic rings. The number of rotatable bonds is 4. The van der Waals surface area contributed by atoms with E-state index in [1.54, 1.807) is 0 Å². The van der Waals surface area contributed by atoms with Crippen LogP contribution in [0.2, 0.25) is 0 Å². The van der Waals surface area contributed by atoms with Crippen LogP contribution >= 0.6 is 0 Å². The number of benzene rings is 3. The Morgan fingerprint density at radius 2 is 1.09 bits per heavy atom. The van der Waals surface area contributed by atoms with Crippen molar-refractivity contribution in [1.82, 2.24) is 15.0 Å². The second-order valence-corrected chi connectivity index (χ2v) is 10.8. The molecule has 0 radical (unpaired) electrons. The molecule has 43 heavy (non-hydrogen) atoms. The van der Waals surface area contributed by atoms with Gasteiger partial charge >= 0.3 is 0 Å². The monoisotopic (exact) mass is 559 g/mol. The lowest BCUT2D eigenvalue weighted by Crippen LogP contribution is -2.14. The zero-order chi connectivity index (χ0) is 28.6. The number of hydrogen-bond acceptors (Lipinski definition) is 6. The maximum Gasteiger partial charge on any atom is 0.221 e. The fraction of sp³-hybridized carbons (Fsp3) is 0.108. The number of pyridine rings is 3. The lowest BCUT2D eigenvalue weighted by molar-refractivity contribution is 0.463. The molecule has 0 amide bonds. The molecule has 0 atom stereocenters. The lowest BCUT2D eigenvalue weighted by Gasteiger charge is -2.26. The average molecular weight is 560 g/mol. The van der Waals surface area contributed by atoms with Gasteiger partial charge in [-0.3, -0.25) is 9.80 Å². The van der Waals surface area contributed by atoms with E-state index in [2.05, 4.69) is 82.6 Å². The molecule has 2 aliphatic heterocycles. The average Bonchev–Trinajstić information content (AvgIpc) is 3.33. The molecular weight excluding hydrogens is 530 g/mol. The summed E-state index contributed by atoms with van der Waals surface area (Å²) in [6.07, 6.45) is 7.50. The maximum atomic E-state index is 6.45. The van der Waals surface area contributed by atoms with Gasteiger partial charge in [-0.05, 0) is 90.4 Å². The van der Waals surface area contributed by atoms with Crippen LogP contribution in [0.4, 0.5) is 34.5 Å². The van der Waals surface area contributed by atoms with Crippen LogP contribution in [0.1, 0.15) is 22.3 Å². The molecule has 0 saturated heterocycles. The third kappa shape index (κ3) is 4.67. The molecule has 5 heterocycles. The van der Waals surface area contributed by atoms with Crippen LogP contribution in [0.25, 0.3) is 0 Å². The van der Waals surface area contributed by atoms with Crippen molar-refractivity contribution in [2.75, 3.05) is 9.80 Å². The van der Waals surface area contributed by atoms with E-state index < -0.39 is 0 Å². The number of nitrogens with zero attached hydrogens (tertiary/aromatic N) is 5. The molecule has 0 fully saturated rings. The van der Waals surface area contributed by atoms with Gasteiger partial charge in [0.05, 0.1) is 17.1 Å². The van der Waals surface area contributed by atoms with Crippen LogP contribution in [0.3, 0.4) is 0 Å². The summed E-state index contributed by atoms with van der Waals surface area (Å²) in [5, 5.41) is 0. The zero-order valence-electron chi connectivity index (χ0n) is 23.6. The molecule has 3 aromatic carbocycles. The molecule has 0 unspecified atom stereocenters. The highest BCUT2D eigenvalue weighted by Crippen LogP contribution is 2.43. The normalized spacial score (nSPS) is 13.6. The topological polar surface area (TPSA) is 54.4 Å². The molecule has 3 aromatic heterocycles. The second kappa shape index (κ2) is 10.7. The van der Waals surface area contributed by atoms with Crippen LogP contribution in [0.15, 0.2) is 128 Å². The number of hydrogen-bond donors (Lipinski definition) is 0. The highest BCUT2D eigenvalue weighted by Gasteiger charge is 2.25. The van der Waals surface area contributed by atoms with Gasteiger partial charge in [0, 0.05) is 24.5 Å². The maximum absolute atomic E-state index is 6.45. The number of ether oxygens (including phenoxy) is 1. The predicted molar refractivity (Wildman–Crippen MR) is 171 cm³/mol. The molecule has 6 nitrogen and oxygen atoms in total. The minimum Gasteiger partial charge on any atom is -0.439 e. The molecule has 0 N–H and O–H groups in total. The third-order valence-electron chi connectivity index (χ3n) is 8.19. The van der Waals surface area contributed by atoms with Crippen molar-refractivity contribution >= 4 is 34.5 Å². The summed E-state index contributed by atoms with van der Waals surface area (Å²) in [4.78, 5) is 19.0. The first kappa shape index (κ1) is 25.2. The number of fused-ring (bicyclic) bond motifs is 4. The summed E-state index contributed by atoms with van der Waals surface area (Å²) in [7, 11) is 0. The van der Waals surface area contributed by atoms with E-state index in [1.807, 2.05) is 54.9 Å². The number of anilines is 6. The Morgan fingerprint density at radius 3 is 1.81 bits per heavy atom. The number of para-hydroxylation sites is 2. The highest BCUT2D eigenvalue weighted by molar-refractivity contribution is 5.80. The summed E-state index contributed by atoms with van der Waals surface area (Å²) in [6, 6.07) is 39.5. The molecule has 6 heteroatoms. The second-order valence-electron chi connectivity index (χ2n) is 10.8. The Kier molecular flexibility index (Phi) is 6.30. The molecule has 0 bridgehead atoms. The Labute approximate surface area is 250 Å². The van der Waals surface area contributed by atoms with Crippen molar-refractivity contribution in [3.8, 4) is 11.6 Å². The fourth-order valence-electron chi connectivity index (χ4n) is 6.19. The quantitative estimate of drug-likeness (QED) is 0.215. The molecule has 0 spiro atoms. The van der Waals surface area contributed by atoms with Crippen molar-refractivity contribution in [2.45, 2.75) is 25.7 Å². The van der Waals surface area contributed by atoms with Crippen molar-refractivity contribution in [2.24, 2.45) is 0 Å². The highest BCUT2D eigenvalue weighted by atomic mass is 16.5. The third-order valence-corrected chi connectivity index (χ3v) is 8.19. The summed E-state index contributed by atoms with van der Waals surface area (Å²) in [5.41, 5.74) is 8.22. The van der Waals surface area contributed by atoms with Gasteiger partial charge in [-0.25, -0.2) is 9.97 Å². The van der Waals surface area contributed by atoms with Gasteiger partial charge in [-0.1, -0.05) is 60.7 Å². The van der Waals surface area contributed by atoms with E-state index in [1.165, 1.54) is 22.3 Å². The van der Waals surface area contributed by atoms with Crippen molar-refractivity contribution in [3.05, 3.63) is 150 Å². The van der Waals surface area contributed by atoms with Gasteiger partial charge in [-0.2, -0.15) is 4.98 Å². The summed E-state index contributed by atoms with van der Waals surface area (Å²) >= 11 is 0. The van der Waals surface area contributed by atoms with Crippen LogP contribution < -0.4 is 14.5 Å².